The molecule has 4 aliphatic carbocycles. The molecule has 3 heteroatoms. The van der Waals surface area contributed by atoms with E-state index in [0.29, 0.717) is 16.7 Å². The van der Waals surface area contributed by atoms with E-state index in [1.54, 1.807) is 5.57 Å². The van der Waals surface area contributed by atoms with E-state index in [1.165, 1.54) is 62.7 Å². The zero-order valence-corrected chi connectivity index (χ0v) is 24.2. The summed E-state index contributed by atoms with van der Waals surface area (Å²) in [6.07, 6.45) is 17.3. The van der Waals surface area contributed by atoms with Gasteiger partial charge in [-0.3, -0.25) is 4.79 Å². The first-order valence-corrected chi connectivity index (χ1v) is 15.3. The molecule has 0 aromatic carbocycles. The SMILES string of the molecule is CC(C)CCCC(C)C1CCC2C3CC=C4CC(C(=O)NCC[NH+](C)C)CCC4(C)C3CCC12C. The predicted octanol–water partition coefficient (Wildman–Crippen LogP) is 5.90. The van der Waals surface area contributed by atoms with E-state index >= 15 is 0 Å². The quantitative estimate of drug-likeness (QED) is 0.391. The molecule has 3 nitrogen and oxygen atoms in total. The third-order valence-corrected chi connectivity index (χ3v) is 11.6. The van der Waals surface area contributed by atoms with Crippen molar-refractivity contribution in [1.82, 2.24) is 5.32 Å². The highest BCUT2D eigenvalue weighted by Gasteiger charge is 2.59. The van der Waals surface area contributed by atoms with E-state index in [0.717, 1.165) is 61.4 Å². The minimum Gasteiger partial charge on any atom is -0.350 e. The summed E-state index contributed by atoms with van der Waals surface area (Å²) in [5, 5.41) is 3.23. The fourth-order valence-corrected chi connectivity index (χ4v) is 9.49. The van der Waals surface area contributed by atoms with Gasteiger partial charge in [-0.05, 0) is 97.7 Å². The van der Waals surface area contributed by atoms with Gasteiger partial charge in [-0.15, -0.1) is 0 Å². The summed E-state index contributed by atoms with van der Waals surface area (Å²) in [5.41, 5.74) is 2.55. The Morgan fingerprint density at radius 1 is 1.06 bits per heavy atom. The standard InChI is InChI=1S/C32H56N2O/c1-22(2)9-8-10-23(3)27-13-14-28-26-12-11-25-21-24(30(35)33-19-20-34(6)7)15-17-31(25,4)29(26)16-18-32(27,28)5/h11,22-24,26-29H,8-10,12-21H2,1-7H3,(H,33,35)/p+1. The molecule has 0 heterocycles. The van der Waals surface area contributed by atoms with E-state index in [2.05, 4.69) is 60.1 Å². The van der Waals surface area contributed by atoms with E-state index in [4.69, 9.17) is 0 Å². The normalized spacial score (nSPS) is 39.6. The molecule has 3 saturated carbocycles. The summed E-state index contributed by atoms with van der Waals surface area (Å²) < 4.78 is 0. The van der Waals surface area contributed by atoms with Gasteiger partial charge >= 0.3 is 0 Å². The maximum absolute atomic E-state index is 12.9. The number of nitrogens with one attached hydrogen (secondary N) is 2. The Morgan fingerprint density at radius 3 is 2.54 bits per heavy atom. The number of quaternary nitrogens is 1. The molecular weight excluding hydrogens is 428 g/mol. The van der Waals surface area contributed by atoms with Gasteiger partial charge in [-0.2, -0.15) is 0 Å². The van der Waals surface area contributed by atoms with Crippen molar-refractivity contribution in [3.05, 3.63) is 11.6 Å². The molecule has 8 atom stereocenters. The Hall–Kier alpha value is -0.830. The number of hydrogen-bond donors (Lipinski definition) is 2. The molecule has 0 aromatic rings. The van der Waals surface area contributed by atoms with Crippen LogP contribution in [-0.2, 0) is 4.79 Å². The number of allylic oxidation sites excluding steroid dienone is 2. The van der Waals surface area contributed by atoms with Crippen LogP contribution in [-0.4, -0.2) is 33.1 Å². The van der Waals surface area contributed by atoms with E-state index in [1.807, 2.05) is 0 Å². The predicted molar refractivity (Wildman–Crippen MR) is 147 cm³/mol. The second kappa shape index (κ2) is 10.9. The average molecular weight is 486 g/mol. The van der Waals surface area contributed by atoms with Crippen molar-refractivity contribution in [2.24, 2.45) is 52.3 Å². The first-order valence-electron chi connectivity index (χ1n) is 15.3. The third-order valence-electron chi connectivity index (χ3n) is 11.6. The number of hydrogen-bond acceptors (Lipinski definition) is 1. The molecule has 1 amide bonds. The largest absolute Gasteiger partial charge is 0.350 e. The van der Waals surface area contributed by atoms with Crippen LogP contribution in [0.1, 0.15) is 105 Å². The van der Waals surface area contributed by atoms with Gasteiger partial charge in [-0.1, -0.05) is 65.5 Å². The summed E-state index contributed by atoms with van der Waals surface area (Å²) in [6, 6.07) is 0. The fraction of sp³-hybridized carbons (Fsp3) is 0.906. The van der Waals surface area contributed by atoms with Crippen LogP contribution in [0.3, 0.4) is 0 Å². The summed E-state index contributed by atoms with van der Waals surface area (Å²) in [6.45, 7) is 14.4. The van der Waals surface area contributed by atoms with E-state index in [9.17, 15) is 4.79 Å². The zero-order valence-electron chi connectivity index (χ0n) is 24.2. The van der Waals surface area contributed by atoms with Crippen LogP contribution in [0.15, 0.2) is 11.6 Å². The molecule has 4 rings (SSSR count). The number of rotatable bonds is 9. The fourth-order valence-electron chi connectivity index (χ4n) is 9.49. The first-order chi connectivity index (χ1) is 16.6. The minimum atomic E-state index is 0.194. The molecule has 8 unspecified atom stereocenters. The lowest BCUT2D eigenvalue weighted by Gasteiger charge is -2.58. The van der Waals surface area contributed by atoms with Gasteiger partial charge < -0.3 is 10.2 Å². The van der Waals surface area contributed by atoms with Gasteiger partial charge in [0, 0.05) is 5.92 Å². The lowest BCUT2D eigenvalue weighted by molar-refractivity contribution is -0.856. The number of amides is 1. The molecule has 0 saturated heterocycles. The van der Waals surface area contributed by atoms with Crippen molar-refractivity contribution >= 4 is 5.91 Å². The smallest absolute Gasteiger partial charge is 0.223 e. The molecule has 0 aliphatic heterocycles. The number of fused-ring (bicyclic) bond motifs is 5. The van der Waals surface area contributed by atoms with Gasteiger partial charge in [0.05, 0.1) is 27.2 Å². The Morgan fingerprint density at radius 2 is 1.83 bits per heavy atom. The lowest BCUT2D eigenvalue weighted by Crippen LogP contribution is -3.06. The van der Waals surface area contributed by atoms with Gasteiger partial charge in [-0.25, -0.2) is 0 Å². The van der Waals surface area contributed by atoms with Crippen molar-refractivity contribution in [3.63, 3.8) is 0 Å². The van der Waals surface area contributed by atoms with Gasteiger partial charge in [0.2, 0.25) is 5.91 Å². The number of carbonyl (C=O) groups excluding carboxylic acids is 1. The van der Waals surface area contributed by atoms with Crippen molar-refractivity contribution in [3.8, 4) is 0 Å². The second-order valence-corrected chi connectivity index (χ2v) is 14.5. The second-order valence-electron chi connectivity index (χ2n) is 14.5. The lowest BCUT2D eigenvalue weighted by atomic mass is 9.46. The van der Waals surface area contributed by atoms with Crippen LogP contribution in [0, 0.1) is 52.3 Å². The van der Waals surface area contributed by atoms with E-state index < -0.39 is 0 Å². The Balaban J connectivity index is 1.41. The summed E-state index contributed by atoms with van der Waals surface area (Å²) >= 11 is 0. The monoisotopic (exact) mass is 485 g/mol. The summed E-state index contributed by atoms with van der Waals surface area (Å²) in [4.78, 5) is 14.3. The molecule has 35 heavy (non-hydrogen) atoms. The van der Waals surface area contributed by atoms with Gasteiger partial charge in [0.15, 0.2) is 0 Å². The molecule has 200 valence electrons. The molecule has 0 aromatic heterocycles. The van der Waals surface area contributed by atoms with E-state index in [-0.39, 0.29) is 5.92 Å². The maximum atomic E-state index is 12.9. The number of likely N-dealkylation sites (N-methyl/N-ethyl adjacent to an activating group) is 1. The van der Waals surface area contributed by atoms with Crippen LogP contribution in [0.2, 0.25) is 0 Å². The van der Waals surface area contributed by atoms with Gasteiger partial charge in [0.25, 0.3) is 0 Å². The van der Waals surface area contributed by atoms with Crippen molar-refractivity contribution < 1.29 is 9.69 Å². The molecular formula is C32H57N2O+. The van der Waals surface area contributed by atoms with Crippen molar-refractivity contribution in [2.45, 2.75) is 105 Å². The van der Waals surface area contributed by atoms with Gasteiger partial charge in [0.1, 0.15) is 0 Å². The van der Waals surface area contributed by atoms with Crippen LogP contribution >= 0.6 is 0 Å². The molecule has 0 radical (unpaired) electrons. The molecule has 0 bridgehead atoms. The highest BCUT2D eigenvalue weighted by atomic mass is 16.1. The van der Waals surface area contributed by atoms with Crippen LogP contribution in [0.4, 0.5) is 0 Å². The summed E-state index contributed by atoms with van der Waals surface area (Å²) in [7, 11) is 4.30. The molecule has 3 fully saturated rings. The zero-order chi connectivity index (χ0) is 25.4. The van der Waals surface area contributed by atoms with Crippen LogP contribution < -0.4 is 10.2 Å². The Kier molecular flexibility index (Phi) is 8.46. The topological polar surface area (TPSA) is 33.5 Å². The van der Waals surface area contributed by atoms with Crippen molar-refractivity contribution in [2.75, 3.05) is 27.2 Å². The maximum Gasteiger partial charge on any atom is 0.223 e. The number of carbonyl (C=O) groups is 1. The van der Waals surface area contributed by atoms with Crippen LogP contribution in [0.5, 0.6) is 0 Å². The Labute approximate surface area is 217 Å². The third kappa shape index (κ3) is 5.41. The molecule has 4 aliphatic rings. The highest BCUT2D eigenvalue weighted by molar-refractivity contribution is 5.79. The van der Waals surface area contributed by atoms with Crippen molar-refractivity contribution in [1.29, 1.82) is 0 Å². The van der Waals surface area contributed by atoms with Crippen LogP contribution in [0.25, 0.3) is 0 Å². The summed E-state index contributed by atoms with van der Waals surface area (Å²) in [5.74, 6) is 5.80. The minimum absolute atomic E-state index is 0.194. The molecule has 0 spiro atoms. The average Bonchev–Trinajstić information content (AvgIpc) is 3.15. The first kappa shape index (κ1) is 27.2. The Bertz CT molecular complexity index is 772. The highest BCUT2D eigenvalue weighted by Crippen LogP contribution is 2.67. The molecule has 2 N–H and O–H groups in total.